The van der Waals surface area contributed by atoms with Gasteiger partial charge in [0, 0.05) is 24.8 Å². The Labute approximate surface area is 113 Å². The number of benzene rings is 1. The summed E-state index contributed by atoms with van der Waals surface area (Å²) in [6, 6.07) is 7.98. The Kier molecular flexibility index (Phi) is 3.79. The quantitative estimate of drug-likeness (QED) is 0.634. The number of nitro groups is 1. The van der Waals surface area contributed by atoms with Gasteiger partial charge in [0.1, 0.15) is 0 Å². The fourth-order valence-corrected chi connectivity index (χ4v) is 1.99. The second-order valence-corrected chi connectivity index (χ2v) is 4.53. The molecule has 0 N–H and O–H groups in total. The average Bonchev–Trinajstić information content (AvgIpc) is 2.33. The number of halogens is 2. The molecule has 0 spiro atoms. The van der Waals surface area contributed by atoms with Crippen molar-refractivity contribution in [2.75, 3.05) is 0 Å². The van der Waals surface area contributed by atoms with Crippen molar-refractivity contribution in [3.63, 3.8) is 0 Å². The second-order valence-electron chi connectivity index (χ2n) is 3.69. The van der Waals surface area contributed by atoms with E-state index in [-0.39, 0.29) is 5.69 Å². The van der Waals surface area contributed by atoms with Crippen molar-refractivity contribution in [2.24, 2.45) is 0 Å². The molecule has 0 aliphatic carbocycles. The maximum atomic E-state index is 10.7. The zero-order valence-electron chi connectivity index (χ0n) is 9.14. The first-order chi connectivity index (χ1) is 8.56. The fourth-order valence-electron chi connectivity index (χ4n) is 1.55. The van der Waals surface area contributed by atoms with Crippen molar-refractivity contribution < 1.29 is 4.92 Å². The van der Waals surface area contributed by atoms with Crippen LogP contribution >= 0.6 is 23.2 Å². The number of hydrogen-bond acceptors (Lipinski definition) is 3. The zero-order valence-corrected chi connectivity index (χ0v) is 10.6. The normalized spacial score (nSPS) is 10.3. The van der Waals surface area contributed by atoms with Crippen molar-refractivity contribution in [2.45, 2.75) is 6.42 Å². The molecule has 0 aliphatic rings. The molecule has 1 aromatic carbocycles. The first-order valence-corrected chi connectivity index (χ1v) is 5.85. The Balaban J connectivity index is 2.28. The van der Waals surface area contributed by atoms with Crippen molar-refractivity contribution in [1.82, 2.24) is 4.98 Å². The van der Waals surface area contributed by atoms with Crippen LogP contribution in [-0.2, 0) is 6.42 Å². The molecule has 0 radical (unpaired) electrons. The van der Waals surface area contributed by atoms with Gasteiger partial charge in [0.15, 0.2) is 0 Å². The Bertz CT molecular complexity index is 602. The van der Waals surface area contributed by atoms with Gasteiger partial charge in [-0.1, -0.05) is 35.3 Å². The van der Waals surface area contributed by atoms with Gasteiger partial charge in [0.25, 0.3) is 5.69 Å². The van der Waals surface area contributed by atoms with E-state index in [4.69, 9.17) is 23.2 Å². The molecule has 0 saturated carbocycles. The number of nitrogens with zero attached hydrogens (tertiary/aromatic N) is 2. The van der Waals surface area contributed by atoms with Crippen LogP contribution in [0.5, 0.6) is 0 Å². The largest absolute Gasteiger partial charge is 0.269 e. The third kappa shape index (κ3) is 2.97. The van der Waals surface area contributed by atoms with Crippen LogP contribution in [0.4, 0.5) is 5.69 Å². The molecule has 92 valence electrons. The summed E-state index contributed by atoms with van der Waals surface area (Å²) in [5.74, 6) is 0. The van der Waals surface area contributed by atoms with Gasteiger partial charge < -0.3 is 0 Å². The zero-order chi connectivity index (χ0) is 13.1. The summed E-state index contributed by atoms with van der Waals surface area (Å²) in [6.45, 7) is 0. The Morgan fingerprint density at radius 3 is 2.72 bits per heavy atom. The van der Waals surface area contributed by atoms with Gasteiger partial charge in [-0.2, -0.15) is 0 Å². The third-order valence-corrected chi connectivity index (χ3v) is 2.91. The van der Waals surface area contributed by atoms with Crippen LogP contribution in [0.15, 0.2) is 36.5 Å². The molecule has 0 atom stereocenters. The van der Waals surface area contributed by atoms with Gasteiger partial charge >= 0.3 is 0 Å². The lowest BCUT2D eigenvalue weighted by Crippen LogP contribution is -1.95. The highest BCUT2D eigenvalue weighted by atomic mass is 35.5. The standard InChI is InChI=1S/C12H8Cl2N2O2/c13-9-6-11(14)12(15-7-9)5-8-2-1-3-10(4-8)16(17)18/h1-4,6-7H,5H2. The molecule has 4 nitrogen and oxygen atoms in total. The second kappa shape index (κ2) is 5.33. The molecule has 6 heteroatoms. The van der Waals surface area contributed by atoms with E-state index in [2.05, 4.69) is 4.98 Å². The maximum Gasteiger partial charge on any atom is 0.269 e. The first-order valence-electron chi connectivity index (χ1n) is 5.09. The SMILES string of the molecule is O=[N+]([O-])c1cccc(Cc2ncc(Cl)cc2Cl)c1. The van der Waals surface area contributed by atoms with E-state index in [0.717, 1.165) is 5.56 Å². The molecule has 0 amide bonds. The lowest BCUT2D eigenvalue weighted by atomic mass is 10.1. The van der Waals surface area contributed by atoms with Gasteiger partial charge in [-0.3, -0.25) is 15.1 Å². The van der Waals surface area contributed by atoms with Crippen LogP contribution in [0, 0.1) is 10.1 Å². The van der Waals surface area contributed by atoms with Crippen molar-refractivity contribution >= 4 is 28.9 Å². The van der Waals surface area contributed by atoms with E-state index in [9.17, 15) is 10.1 Å². The predicted molar refractivity (Wildman–Crippen MR) is 70.2 cm³/mol. The van der Waals surface area contributed by atoms with Gasteiger partial charge in [0.2, 0.25) is 0 Å². The van der Waals surface area contributed by atoms with Gasteiger partial charge in [-0.15, -0.1) is 0 Å². The minimum atomic E-state index is -0.430. The molecule has 0 aliphatic heterocycles. The van der Waals surface area contributed by atoms with Crippen molar-refractivity contribution in [3.8, 4) is 0 Å². The van der Waals surface area contributed by atoms with E-state index in [1.165, 1.54) is 18.3 Å². The highest BCUT2D eigenvalue weighted by molar-refractivity contribution is 6.34. The molecule has 0 unspecified atom stereocenters. The van der Waals surface area contributed by atoms with E-state index < -0.39 is 4.92 Å². The molecule has 1 aromatic heterocycles. The Hall–Kier alpha value is -1.65. The highest BCUT2D eigenvalue weighted by Crippen LogP contribution is 2.22. The van der Waals surface area contributed by atoms with E-state index in [1.807, 2.05) is 0 Å². The highest BCUT2D eigenvalue weighted by Gasteiger charge is 2.08. The molecule has 0 bridgehead atoms. The summed E-state index contributed by atoms with van der Waals surface area (Å²) in [7, 11) is 0. The number of non-ortho nitro benzene ring substituents is 1. The predicted octanol–water partition coefficient (Wildman–Crippen LogP) is 3.89. The molecule has 0 saturated heterocycles. The first kappa shape index (κ1) is 12.8. The molecular weight excluding hydrogens is 275 g/mol. The summed E-state index contributed by atoms with van der Waals surface area (Å²) in [4.78, 5) is 14.3. The van der Waals surface area contributed by atoms with E-state index in [1.54, 1.807) is 18.2 Å². The molecule has 1 heterocycles. The maximum absolute atomic E-state index is 10.7. The van der Waals surface area contributed by atoms with Crippen LogP contribution in [0.3, 0.4) is 0 Å². The molecular formula is C12H8Cl2N2O2. The summed E-state index contributed by atoms with van der Waals surface area (Å²) in [5, 5.41) is 11.6. The monoisotopic (exact) mass is 282 g/mol. The van der Waals surface area contributed by atoms with Gasteiger partial charge in [-0.25, -0.2) is 0 Å². The number of nitro benzene ring substituents is 1. The lowest BCUT2D eigenvalue weighted by Gasteiger charge is -2.04. The summed E-state index contributed by atoms with van der Waals surface area (Å²) >= 11 is 11.8. The number of pyridine rings is 1. The van der Waals surface area contributed by atoms with Crippen molar-refractivity contribution in [1.29, 1.82) is 0 Å². The topological polar surface area (TPSA) is 56.0 Å². The number of hydrogen-bond donors (Lipinski definition) is 0. The van der Waals surface area contributed by atoms with Gasteiger partial charge in [0.05, 0.1) is 20.7 Å². The van der Waals surface area contributed by atoms with E-state index >= 15 is 0 Å². The summed E-state index contributed by atoms with van der Waals surface area (Å²) < 4.78 is 0. The van der Waals surface area contributed by atoms with Gasteiger partial charge in [-0.05, 0) is 11.6 Å². The third-order valence-electron chi connectivity index (χ3n) is 2.38. The van der Waals surface area contributed by atoms with Crippen LogP contribution in [-0.4, -0.2) is 9.91 Å². The van der Waals surface area contributed by atoms with E-state index in [0.29, 0.717) is 22.2 Å². The van der Waals surface area contributed by atoms with Crippen LogP contribution < -0.4 is 0 Å². The molecule has 0 fully saturated rings. The molecule has 18 heavy (non-hydrogen) atoms. The van der Waals surface area contributed by atoms with Crippen molar-refractivity contribution in [3.05, 3.63) is 67.9 Å². The summed E-state index contributed by atoms with van der Waals surface area (Å²) in [5.41, 5.74) is 1.47. The molecule has 2 aromatic rings. The summed E-state index contributed by atoms with van der Waals surface area (Å²) in [6.07, 6.45) is 1.93. The minimum absolute atomic E-state index is 0.0533. The van der Waals surface area contributed by atoms with Crippen LogP contribution in [0.25, 0.3) is 0 Å². The van der Waals surface area contributed by atoms with Crippen LogP contribution in [0.2, 0.25) is 10.0 Å². The smallest absolute Gasteiger partial charge is 0.258 e. The lowest BCUT2D eigenvalue weighted by molar-refractivity contribution is -0.384. The minimum Gasteiger partial charge on any atom is -0.258 e. The molecule has 2 rings (SSSR count). The Morgan fingerprint density at radius 2 is 2.06 bits per heavy atom. The average molecular weight is 283 g/mol. The van der Waals surface area contributed by atoms with Crippen LogP contribution in [0.1, 0.15) is 11.3 Å². The Morgan fingerprint density at radius 1 is 1.28 bits per heavy atom. The number of rotatable bonds is 3. The fraction of sp³-hybridized carbons (Fsp3) is 0.0833. The number of aromatic nitrogens is 1.